The van der Waals surface area contributed by atoms with E-state index >= 15 is 0 Å². The standard InChI is InChI=1S/C21H20N4O3S/c1-15-7-5-6-10-19(15)29(27,28)25-13-17-18(14-25)23-24-21(17)22-20(26)12-11-16-8-3-2-4-9-16/h2-12H,13-14H2,1H3,(H2,22,23,24,26). The lowest BCUT2D eigenvalue weighted by Gasteiger charge is -2.17. The Bertz CT molecular complexity index is 1180. The minimum atomic E-state index is -3.65. The number of aromatic nitrogens is 2. The zero-order valence-electron chi connectivity index (χ0n) is 15.8. The van der Waals surface area contributed by atoms with Crippen LogP contribution < -0.4 is 5.32 Å². The van der Waals surface area contributed by atoms with Crippen molar-refractivity contribution < 1.29 is 13.2 Å². The Hall–Kier alpha value is -3.23. The number of sulfonamides is 1. The monoisotopic (exact) mass is 408 g/mol. The molecule has 0 saturated carbocycles. The predicted molar refractivity (Wildman–Crippen MR) is 110 cm³/mol. The molecule has 0 aliphatic carbocycles. The van der Waals surface area contributed by atoms with E-state index in [4.69, 9.17) is 0 Å². The summed E-state index contributed by atoms with van der Waals surface area (Å²) < 4.78 is 27.4. The number of hydrogen-bond acceptors (Lipinski definition) is 4. The molecule has 7 nitrogen and oxygen atoms in total. The molecule has 0 spiro atoms. The van der Waals surface area contributed by atoms with Gasteiger partial charge in [0.1, 0.15) is 5.82 Å². The average Bonchev–Trinajstić information content (AvgIpc) is 3.30. The van der Waals surface area contributed by atoms with Gasteiger partial charge in [-0.25, -0.2) is 8.42 Å². The fraction of sp³-hybridized carbons (Fsp3) is 0.143. The van der Waals surface area contributed by atoms with Crippen LogP contribution in [0, 0.1) is 6.92 Å². The van der Waals surface area contributed by atoms with E-state index in [9.17, 15) is 13.2 Å². The molecule has 1 aromatic heterocycles. The zero-order chi connectivity index (χ0) is 20.4. The van der Waals surface area contributed by atoms with Crippen LogP contribution in [0.25, 0.3) is 6.08 Å². The van der Waals surface area contributed by atoms with Gasteiger partial charge in [-0.05, 0) is 30.2 Å². The van der Waals surface area contributed by atoms with Crippen LogP contribution in [-0.2, 0) is 27.9 Å². The molecule has 8 heteroatoms. The van der Waals surface area contributed by atoms with Gasteiger partial charge in [0, 0.05) is 18.2 Å². The number of benzene rings is 2. The molecule has 0 unspecified atom stereocenters. The topological polar surface area (TPSA) is 95.2 Å². The van der Waals surface area contributed by atoms with Crippen molar-refractivity contribution in [3.05, 3.63) is 83.1 Å². The van der Waals surface area contributed by atoms with Gasteiger partial charge in [0.15, 0.2) is 0 Å². The molecule has 29 heavy (non-hydrogen) atoms. The van der Waals surface area contributed by atoms with Gasteiger partial charge < -0.3 is 5.32 Å². The number of rotatable bonds is 5. The highest BCUT2D eigenvalue weighted by Crippen LogP contribution is 2.32. The number of fused-ring (bicyclic) bond motifs is 1. The molecule has 0 atom stereocenters. The summed E-state index contributed by atoms with van der Waals surface area (Å²) in [5.74, 6) is 0.103. The number of aromatic amines is 1. The molecule has 148 valence electrons. The lowest BCUT2D eigenvalue weighted by molar-refractivity contribution is -0.111. The Morgan fingerprint density at radius 2 is 1.83 bits per heavy atom. The number of carbonyl (C=O) groups is 1. The summed E-state index contributed by atoms with van der Waals surface area (Å²) in [6.45, 7) is 2.09. The van der Waals surface area contributed by atoms with Crippen LogP contribution in [0.5, 0.6) is 0 Å². The van der Waals surface area contributed by atoms with Gasteiger partial charge in [-0.2, -0.15) is 9.40 Å². The molecule has 0 bridgehead atoms. The number of nitrogens with one attached hydrogen (secondary N) is 2. The van der Waals surface area contributed by atoms with Crippen molar-refractivity contribution in [3.63, 3.8) is 0 Å². The van der Waals surface area contributed by atoms with E-state index in [0.29, 0.717) is 22.6 Å². The first-order valence-corrected chi connectivity index (χ1v) is 10.5. The predicted octanol–water partition coefficient (Wildman–Crippen LogP) is 3.07. The van der Waals surface area contributed by atoms with E-state index in [0.717, 1.165) is 5.56 Å². The van der Waals surface area contributed by atoms with E-state index in [1.54, 1.807) is 37.3 Å². The maximum Gasteiger partial charge on any atom is 0.249 e. The highest BCUT2D eigenvalue weighted by molar-refractivity contribution is 7.89. The second kappa shape index (κ2) is 7.65. The van der Waals surface area contributed by atoms with E-state index in [1.165, 1.54) is 10.4 Å². The quantitative estimate of drug-likeness (QED) is 0.634. The van der Waals surface area contributed by atoms with Gasteiger partial charge >= 0.3 is 0 Å². The highest BCUT2D eigenvalue weighted by atomic mass is 32.2. The van der Waals surface area contributed by atoms with Crippen LogP contribution in [0.2, 0.25) is 0 Å². The molecule has 0 fully saturated rings. The minimum Gasteiger partial charge on any atom is -0.307 e. The fourth-order valence-corrected chi connectivity index (χ4v) is 4.86. The molecule has 0 saturated heterocycles. The number of nitrogens with zero attached hydrogens (tertiary/aromatic N) is 2. The molecule has 3 aromatic rings. The van der Waals surface area contributed by atoms with Crippen LogP contribution >= 0.6 is 0 Å². The normalized spacial score (nSPS) is 14.2. The van der Waals surface area contributed by atoms with E-state index in [-0.39, 0.29) is 23.9 Å². The molecular weight excluding hydrogens is 388 g/mol. The molecule has 2 N–H and O–H groups in total. The lowest BCUT2D eigenvalue weighted by atomic mass is 10.2. The highest BCUT2D eigenvalue weighted by Gasteiger charge is 2.34. The van der Waals surface area contributed by atoms with Gasteiger partial charge in [-0.1, -0.05) is 48.5 Å². The van der Waals surface area contributed by atoms with Crippen LogP contribution in [0.4, 0.5) is 5.82 Å². The zero-order valence-corrected chi connectivity index (χ0v) is 16.6. The van der Waals surface area contributed by atoms with Crippen molar-refractivity contribution in [2.24, 2.45) is 0 Å². The summed E-state index contributed by atoms with van der Waals surface area (Å²) in [4.78, 5) is 12.5. The summed E-state index contributed by atoms with van der Waals surface area (Å²) in [7, 11) is -3.65. The van der Waals surface area contributed by atoms with Crippen molar-refractivity contribution >= 4 is 27.8 Å². The number of amides is 1. The molecule has 1 aliphatic rings. The van der Waals surface area contributed by atoms with Gasteiger partial charge in [0.05, 0.1) is 17.1 Å². The van der Waals surface area contributed by atoms with Crippen LogP contribution in [0.1, 0.15) is 22.4 Å². The summed E-state index contributed by atoms with van der Waals surface area (Å²) >= 11 is 0. The first-order valence-electron chi connectivity index (χ1n) is 9.11. The molecule has 1 aliphatic heterocycles. The Morgan fingerprint density at radius 1 is 1.10 bits per heavy atom. The number of H-pyrrole nitrogens is 1. The van der Waals surface area contributed by atoms with E-state index < -0.39 is 10.0 Å². The second-order valence-corrected chi connectivity index (χ2v) is 8.70. The number of carbonyl (C=O) groups excluding carboxylic acids is 1. The number of aryl methyl sites for hydroxylation is 1. The fourth-order valence-electron chi connectivity index (χ4n) is 3.26. The van der Waals surface area contributed by atoms with Crippen molar-refractivity contribution in [1.29, 1.82) is 0 Å². The van der Waals surface area contributed by atoms with Crippen molar-refractivity contribution in [1.82, 2.24) is 14.5 Å². The number of anilines is 1. The third-order valence-electron chi connectivity index (χ3n) is 4.80. The van der Waals surface area contributed by atoms with Crippen molar-refractivity contribution in [2.45, 2.75) is 24.9 Å². The second-order valence-electron chi connectivity index (χ2n) is 6.80. The van der Waals surface area contributed by atoms with Crippen molar-refractivity contribution in [3.8, 4) is 0 Å². The van der Waals surface area contributed by atoms with E-state index in [1.807, 2.05) is 30.3 Å². The summed E-state index contributed by atoms with van der Waals surface area (Å²) in [5, 5.41) is 9.72. The molecule has 2 heterocycles. The SMILES string of the molecule is Cc1ccccc1S(=O)(=O)N1Cc2n[nH]c(NC(=O)C=Cc3ccccc3)c2C1. The van der Waals surface area contributed by atoms with Crippen LogP contribution in [0.3, 0.4) is 0 Å². The third-order valence-corrected chi connectivity index (χ3v) is 6.75. The lowest BCUT2D eigenvalue weighted by Crippen LogP contribution is -2.27. The van der Waals surface area contributed by atoms with Gasteiger partial charge in [0.2, 0.25) is 15.9 Å². The molecule has 4 rings (SSSR count). The van der Waals surface area contributed by atoms with Crippen LogP contribution in [0.15, 0.2) is 65.6 Å². The van der Waals surface area contributed by atoms with Crippen LogP contribution in [-0.4, -0.2) is 28.8 Å². The summed E-state index contributed by atoms with van der Waals surface area (Å²) in [5.41, 5.74) is 2.90. The smallest absolute Gasteiger partial charge is 0.249 e. The average molecular weight is 408 g/mol. The largest absolute Gasteiger partial charge is 0.307 e. The van der Waals surface area contributed by atoms with E-state index in [2.05, 4.69) is 15.5 Å². The van der Waals surface area contributed by atoms with Crippen molar-refractivity contribution in [2.75, 3.05) is 5.32 Å². The Kier molecular flexibility index (Phi) is 5.04. The summed E-state index contributed by atoms with van der Waals surface area (Å²) in [6.07, 6.45) is 3.14. The molecule has 0 radical (unpaired) electrons. The molecule has 2 aromatic carbocycles. The van der Waals surface area contributed by atoms with Gasteiger partial charge in [-0.15, -0.1) is 0 Å². The maximum absolute atomic E-state index is 13.0. The summed E-state index contributed by atoms with van der Waals surface area (Å²) in [6, 6.07) is 16.4. The first-order chi connectivity index (χ1) is 13.9. The molecular formula is C21H20N4O3S. The Morgan fingerprint density at radius 3 is 2.59 bits per heavy atom. The molecule has 1 amide bonds. The van der Waals surface area contributed by atoms with Gasteiger partial charge in [-0.3, -0.25) is 9.89 Å². The third kappa shape index (κ3) is 3.85. The first kappa shape index (κ1) is 19.1. The Labute approximate surface area is 169 Å². The number of hydrogen-bond donors (Lipinski definition) is 2. The minimum absolute atomic E-state index is 0.153. The van der Waals surface area contributed by atoms with Gasteiger partial charge in [0.25, 0.3) is 0 Å². The maximum atomic E-state index is 13.0. The Balaban J connectivity index is 1.49.